The Labute approximate surface area is 224 Å². The van der Waals surface area contributed by atoms with Crippen molar-refractivity contribution in [3.05, 3.63) is 78.4 Å². The van der Waals surface area contributed by atoms with Crippen LogP contribution in [0.5, 0.6) is 0 Å². The molecular formula is C29H28F3N5O2. The molecule has 2 N–H and O–H groups in total. The van der Waals surface area contributed by atoms with Gasteiger partial charge in [0, 0.05) is 51.3 Å². The average Bonchev–Trinajstić information content (AvgIpc) is 3.37. The lowest BCUT2D eigenvalue weighted by molar-refractivity contribution is -0.192. The molecule has 0 unspecified atom stereocenters. The molecule has 39 heavy (non-hydrogen) atoms. The molecule has 1 aliphatic rings. The maximum absolute atomic E-state index is 10.6. The molecule has 10 heteroatoms. The van der Waals surface area contributed by atoms with Gasteiger partial charge in [-0.2, -0.15) is 18.4 Å². The van der Waals surface area contributed by atoms with E-state index >= 15 is 0 Å². The molecule has 1 aromatic heterocycles. The van der Waals surface area contributed by atoms with Crippen LogP contribution in [-0.2, 0) is 11.3 Å². The maximum atomic E-state index is 10.6. The lowest BCUT2D eigenvalue weighted by Crippen LogP contribution is -2.46. The molecule has 2 heterocycles. The highest BCUT2D eigenvalue weighted by molar-refractivity contribution is 5.79. The SMILES string of the molecule is N#CCCN1CCN(Cc2cccc(-c3ccc(-c4nc5ccccc5[nH]4)cc3)c2)CC1.O=C(O)C(F)(F)F. The predicted molar refractivity (Wildman–Crippen MR) is 143 cm³/mol. The number of aromatic amines is 1. The highest BCUT2D eigenvalue weighted by Crippen LogP contribution is 2.26. The minimum Gasteiger partial charge on any atom is -0.475 e. The van der Waals surface area contributed by atoms with Gasteiger partial charge in [-0.3, -0.25) is 9.80 Å². The van der Waals surface area contributed by atoms with E-state index in [0.717, 1.165) is 61.7 Å². The summed E-state index contributed by atoms with van der Waals surface area (Å²) in [5, 5.41) is 15.9. The lowest BCUT2D eigenvalue weighted by atomic mass is 10.0. The van der Waals surface area contributed by atoms with Crippen LogP contribution in [-0.4, -0.2) is 69.7 Å². The van der Waals surface area contributed by atoms with Gasteiger partial charge < -0.3 is 10.1 Å². The van der Waals surface area contributed by atoms with Gasteiger partial charge in [0.05, 0.1) is 17.1 Å². The van der Waals surface area contributed by atoms with Crippen LogP contribution in [0.15, 0.2) is 72.8 Å². The van der Waals surface area contributed by atoms with Gasteiger partial charge >= 0.3 is 12.1 Å². The van der Waals surface area contributed by atoms with Crippen LogP contribution in [0.4, 0.5) is 13.2 Å². The number of aliphatic carboxylic acids is 1. The topological polar surface area (TPSA) is 96.3 Å². The molecule has 0 aliphatic carbocycles. The highest BCUT2D eigenvalue weighted by Gasteiger charge is 2.38. The molecule has 0 spiro atoms. The summed E-state index contributed by atoms with van der Waals surface area (Å²) in [5.74, 6) is -1.85. The number of nitrogens with zero attached hydrogens (tertiary/aromatic N) is 4. The minimum absolute atomic E-state index is 0.622. The zero-order valence-electron chi connectivity index (χ0n) is 21.2. The predicted octanol–water partition coefficient (Wildman–Crippen LogP) is 5.56. The Kier molecular flexibility index (Phi) is 8.96. The number of fused-ring (bicyclic) bond motifs is 1. The Morgan fingerprint density at radius 1 is 0.923 bits per heavy atom. The Balaban J connectivity index is 0.000000448. The molecule has 0 saturated carbocycles. The molecule has 4 aromatic rings. The summed E-state index contributed by atoms with van der Waals surface area (Å²) >= 11 is 0. The van der Waals surface area contributed by atoms with E-state index in [9.17, 15) is 13.2 Å². The van der Waals surface area contributed by atoms with E-state index in [1.54, 1.807) is 0 Å². The monoisotopic (exact) mass is 535 g/mol. The van der Waals surface area contributed by atoms with Crippen LogP contribution >= 0.6 is 0 Å². The Morgan fingerprint density at radius 2 is 1.56 bits per heavy atom. The van der Waals surface area contributed by atoms with Crippen molar-refractivity contribution in [3.63, 3.8) is 0 Å². The second-order valence-corrected chi connectivity index (χ2v) is 9.21. The first-order chi connectivity index (χ1) is 18.7. The molecule has 7 nitrogen and oxygen atoms in total. The largest absolute Gasteiger partial charge is 0.490 e. The summed E-state index contributed by atoms with van der Waals surface area (Å²) < 4.78 is 31.7. The molecule has 1 aliphatic heterocycles. The van der Waals surface area contributed by atoms with Gasteiger partial charge in [0.2, 0.25) is 0 Å². The number of benzene rings is 3. The van der Waals surface area contributed by atoms with Gasteiger partial charge in [0.15, 0.2) is 0 Å². The first kappa shape index (κ1) is 27.8. The van der Waals surface area contributed by atoms with E-state index in [1.165, 1.54) is 16.7 Å². The van der Waals surface area contributed by atoms with Gasteiger partial charge in [-0.1, -0.05) is 54.6 Å². The number of para-hydroxylation sites is 2. The average molecular weight is 536 g/mol. The highest BCUT2D eigenvalue weighted by atomic mass is 19.4. The third-order valence-corrected chi connectivity index (χ3v) is 6.46. The van der Waals surface area contributed by atoms with Crippen LogP contribution in [0.3, 0.4) is 0 Å². The van der Waals surface area contributed by atoms with E-state index < -0.39 is 12.1 Å². The van der Waals surface area contributed by atoms with Crippen LogP contribution < -0.4 is 0 Å². The summed E-state index contributed by atoms with van der Waals surface area (Å²) in [7, 11) is 0. The number of nitrogens with one attached hydrogen (secondary N) is 1. The van der Waals surface area contributed by atoms with Crippen LogP contribution in [0.25, 0.3) is 33.5 Å². The molecule has 5 rings (SSSR count). The van der Waals surface area contributed by atoms with Crippen molar-refractivity contribution in [2.75, 3.05) is 32.7 Å². The fraction of sp³-hybridized carbons (Fsp3) is 0.276. The number of carboxylic acid groups (broad SMARTS) is 1. The third-order valence-electron chi connectivity index (χ3n) is 6.46. The molecule has 0 bridgehead atoms. The molecule has 0 atom stereocenters. The van der Waals surface area contributed by atoms with Crippen LogP contribution in [0, 0.1) is 11.3 Å². The molecule has 3 aromatic carbocycles. The number of nitriles is 1. The van der Waals surface area contributed by atoms with E-state index in [2.05, 4.69) is 75.5 Å². The summed E-state index contributed by atoms with van der Waals surface area (Å²) in [6, 6.07) is 27.8. The van der Waals surface area contributed by atoms with Gasteiger partial charge in [0.1, 0.15) is 5.82 Å². The zero-order valence-corrected chi connectivity index (χ0v) is 21.2. The van der Waals surface area contributed by atoms with Gasteiger partial charge in [-0.15, -0.1) is 0 Å². The van der Waals surface area contributed by atoms with Crippen molar-refractivity contribution in [1.29, 1.82) is 5.26 Å². The summed E-state index contributed by atoms with van der Waals surface area (Å²) in [4.78, 5) is 21.9. The molecular weight excluding hydrogens is 507 g/mol. The smallest absolute Gasteiger partial charge is 0.475 e. The second kappa shape index (κ2) is 12.6. The lowest BCUT2D eigenvalue weighted by Gasteiger charge is -2.34. The number of halogens is 3. The number of rotatable bonds is 6. The number of imidazole rings is 1. The Bertz CT molecular complexity index is 1400. The van der Waals surface area contributed by atoms with Crippen LogP contribution in [0.2, 0.25) is 0 Å². The summed E-state index contributed by atoms with van der Waals surface area (Å²) in [6.07, 6.45) is -4.46. The minimum atomic E-state index is -5.08. The first-order valence-electron chi connectivity index (χ1n) is 12.5. The first-order valence-corrected chi connectivity index (χ1v) is 12.5. The maximum Gasteiger partial charge on any atom is 0.490 e. The number of aromatic nitrogens is 2. The normalized spacial score (nSPS) is 14.4. The standard InChI is InChI=1S/C27H27N5.C2HF3O2/c28-13-4-14-31-15-17-32(18-16-31)20-21-5-3-6-24(19-21)22-9-11-23(12-10-22)27-29-25-7-1-2-8-26(25)30-27;3-2(4,5)1(6)7/h1-3,5-12,19H,4,14-18,20H2,(H,29,30);(H,6,7). The van der Waals surface area contributed by atoms with Crippen molar-refractivity contribution in [2.45, 2.75) is 19.1 Å². The van der Waals surface area contributed by atoms with Crippen molar-refractivity contribution >= 4 is 17.0 Å². The number of carboxylic acids is 1. The summed E-state index contributed by atoms with van der Waals surface area (Å²) in [5.41, 5.74) is 6.94. The number of H-pyrrole nitrogens is 1. The number of hydrogen-bond acceptors (Lipinski definition) is 5. The molecule has 0 radical (unpaired) electrons. The van der Waals surface area contributed by atoms with Gasteiger partial charge in [-0.05, 0) is 34.9 Å². The quantitative estimate of drug-likeness (QED) is 0.336. The fourth-order valence-electron chi connectivity index (χ4n) is 4.40. The summed E-state index contributed by atoms with van der Waals surface area (Å²) in [6.45, 7) is 6.07. The number of piperazine rings is 1. The van der Waals surface area contributed by atoms with Crippen molar-refractivity contribution in [1.82, 2.24) is 19.8 Å². The molecule has 202 valence electrons. The molecule has 1 saturated heterocycles. The zero-order chi connectivity index (χ0) is 27.8. The third kappa shape index (κ3) is 7.66. The van der Waals surface area contributed by atoms with Crippen molar-refractivity contribution < 1.29 is 23.1 Å². The Morgan fingerprint density at radius 3 is 2.21 bits per heavy atom. The van der Waals surface area contributed by atoms with Crippen molar-refractivity contribution in [2.24, 2.45) is 0 Å². The van der Waals surface area contributed by atoms with Crippen molar-refractivity contribution in [3.8, 4) is 28.6 Å². The Hall–Kier alpha value is -4.20. The van der Waals surface area contributed by atoms with E-state index in [0.29, 0.717) is 6.42 Å². The second-order valence-electron chi connectivity index (χ2n) is 9.21. The number of alkyl halides is 3. The number of hydrogen-bond donors (Lipinski definition) is 2. The van der Waals surface area contributed by atoms with Gasteiger partial charge in [0.25, 0.3) is 0 Å². The molecule has 0 amide bonds. The van der Waals surface area contributed by atoms with E-state index in [1.807, 2.05) is 18.2 Å². The fourth-order valence-corrected chi connectivity index (χ4v) is 4.40. The van der Waals surface area contributed by atoms with Crippen LogP contribution in [0.1, 0.15) is 12.0 Å². The van der Waals surface area contributed by atoms with Gasteiger partial charge in [-0.25, -0.2) is 9.78 Å². The number of carbonyl (C=O) groups is 1. The molecule has 1 fully saturated rings. The van der Waals surface area contributed by atoms with E-state index in [-0.39, 0.29) is 0 Å². The van der Waals surface area contributed by atoms with E-state index in [4.69, 9.17) is 20.1 Å².